The Morgan fingerprint density at radius 3 is 2.61 bits per heavy atom. The topological polar surface area (TPSA) is 53.4 Å². The maximum atomic E-state index is 14.1. The number of halogens is 1. The first kappa shape index (κ1) is 23.6. The second-order valence-electron chi connectivity index (χ2n) is 8.33. The van der Waals surface area contributed by atoms with E-state index in [1.54, 1.807) is 6.07 Å². The maximum Gasteiger partial charge on any atom is 0.230 e. The van der Waals surface area contributed by atoms with Crippen molar-refractivity contribution in [3.05, 3.63) is 53.8 Å². The minimum absolute atomic E-state index is 0.0896. The van der Waals surface area contributed by atoms with E-state index in [2.05, 4.69) is 38.5 Å². The van der Waals surface area contributed by atoms with Gasteiger partial charge in [-0.05, 0) is 50.7 Å². The number of carbonyl (C=O) groups is 1. The second kappa shape index (κ2) is 10.6. The Morgan fingerprint density at radius 2 is 1.88 bits per heavy atom. The number of hydrogen-bond donors (Lipinski definition) is 1. The molecule has 4 rings (SSSR count). The number of rotatable bonds is 8. The molecule has 1 aromatic heterocycles. The van der Waals surface area contributed by atoms with E-state index in [1.165, 1.54) is 17.8 Å². The predicted octanol–water partition coefficient (Wildman–Crippen LogP) is 4.31. The average Bonchev–Trinajstić information content (AvgIpc) is 3.20. The van der Waals surface area contributed by atoms with Gasteiger partial charge in [0.25, 0.3) is 0 Å². The fraction of sp³-hybridized carbons (Fsp3) is 0.440. The minimum Gasteiger partial charge on any atom is -0.369 e. The van der Waals surface area contributed by atoms with Gasteiger partial charge in [-0.3, -0.25) is 4.79 Å². The van der Waals surface area contributed by atoms with Gasteiger partial charge in [-0.2, -0.15) is 0 Å². The fourth-order valence-electron chi connectivity index (χ4n) is 4.43. The molecule has 0 radical (unpaired) electrons. The van der Waals surface area contributed by atoms with E-state index in [1.807, 2.05) is 37.3 Å². The van der Waals surface area contributed by atoms with Gasteiger partial charge in [-0.25, -0.2) is 9.37 Å². The molecule has 6 nitrogen and oxygen atoms in total. The van der Waals surface area contributed by atoms with Crippen molar-refractivity contribution in [1.82, 2.24) is 19.8 Å². The van der Waals surface area contributed by atoms with Crippen molar-refractivity contribution in [2.75, 3.05) is 43.4 Å². The Labute approximate surface area is 199 Å². The van der Waals surface area contributed by atoms with Gasteiger partial charge in [-0.15, -0.1) is 0 Å². The zero-order valence-electron chi connectivity index (χ0n) is 19.6. The third kappa shape index (κ3) is 5.33. The minimum atomic E-state index is -0.294. The van der Waals surface area contributed by atoms with Gasteiger partial charge in [-0.1, -0.05) is 30.8 Å². The normalized spacial score (nSPS) is 15.7. The molecule has 0 unspecified atom stereocenters. The number of amides is 1. The summed E-state index contributed by atoms with van der Waals surface area (Å²) >= 11 is 1.43. The number of hydrogen-bond acceptors (Lipinski definition) is 5. The van der Waals surface area contributed by atoms with E-state index < -0.39 is 0 Å². The molecule has 33 heavy (non-hydrogen) atoms. The molecule has 176 valence electrons. The number of carbonyl (C=O) groups excluding carboxylic acids is 1. The van der Waals surface area contributed by atoms with Crippen molar-refractivity contribution in [1.29, 1.82) is 0 Å². The smallest absolute Gasteiger partial charge is 0.230 e. The van der Waals surface area contributed by atoms with Crippen LogP contribution in [0.25, 0.3) is 11.0 Å². The summed E-state index contributed by atoms with van der Waals surface area (Å²) in [4.78, 5) is 22.2. The summed E-state index contributed by atoms with van der Waals surface area (Å²) in [6.07, 6.45) is 0. The van der Waals surface area contributed by atoms with Crippen molar-refractivity contribution in [2.24, 2.45) is 0 Å². The number of para-hydroxylation sites is 2. The van der Waals surface area contributed by atoms with Crippen LogP contribution in [0, 0.1) is 5.82 Å². The summed E-state index contributed by atoms with van der Waals surface area (Å²) in [5.41, 5.74) is 3.83. The first-order chi connectivity index (χ1) is 16.0. The molecular weight excluding hydrogens is 437 g/mol. The quantitative estimate of drug-likeness (QED) is 0.499. The van der Waals surface area contributed by atoms with E-state index in [9.17, 15) is 9.18 Å². The maximum absolute atomic E-state index is 14.1. The van der Waals surface area contributed by atoms with E-state index in [0.717, 1.165) is 66.7 Å². The summed E-state index contributed by atoms with van der Waals surface area (Å²) in [5, 5.41) is 3.90. The van der Waals surface area contributed by atoms with Crippen LogP contribution < -0.4 is 10.2 Å². The monoisotopic (exact) mass is 469 g/mol. The molecule has 1 fully saturated rings. The zero-order valence-corrected chi connectivity index (χ0v) is 20.4. The third-order valence-corrected chi connectivity index (χ3v) is 7.24. The third-order valence-electron chi connectivity index (χ3n) is 6.26. The van der Waals surface area contributed by atoms with Gasteiger partial charge in [0, 0.05) is 44.0 Å². The number of thioether (sulfide) groups is 1. The van der Waals surface area contributed by atoms with Crippen LogP contribution in [0.2, 0.25) is 0 Å². The lowest BCUT2D eigenvalue weighted by atomic mass is 10.0. The summed E-state index contributed by atoms with van der Waals surface area (Å²) < 4.78 is 16.3. The van der Waals surface area contributed by atoms with Gasteiger partial charge in [0.2, 0.25) is 5.91 Å². The lowest BCUT2D eigenvalue weighted by Gasteiger charge is -2.37. The first-order valence-corrected chi connectivity index (χ1v) is 12.6. The van der Waals surface area contributed by atoms with E-state index in [4.69, 9.17) is 0 Å². The molecule has 0 saturated carbocycles. The highest BCUT2D eigenvalue weighted by atomic mass is 32.2. The molecule has 0 bridgehead atoms. The van der Waals surface area contributed by atoms with Gasteiger partial charge < -0.3 is 19.7 Å². The molecule has 1 aliphatic rings. The molecule has 1 N–H and O–H groups in total. The highest BCUT2D eigenvalue weighted by Crippen LogP contribution is 2.29. The molecule has 2 heterocycles. The molecule has 0 aliphatic carbocycles. The number of aromatic nitrogens is 2. The summed E-state index contributed by atoms with van der Waals surface area (Å²) in [7, 11) is 0. The molecule has 0 spiro atoms. The van der Waals surface area contributed by atoms with Crippen LogP contribution in [0.5, 0.6) is 0 Å². The number of imidazole rings is 1. The van der Waals surface area contributed by atoms with E-state index in [0.29, 0.717) is 0 Å². The molecular formula is C25H32FN5OS. The largest absolute Gasteiger partial charge is 0.369 e. The summed E-state index contributed by atoms with van der Waals surface area (Å²) in [6, 6.07) is 12.6. The molecule has 1 amide bonds. The SMILES string of the molecule is CCN1CCN(c2ccc(F)cc2[C@@H](C)NC(=O)CSc2nc3ccccc3n2CC)CC1. The standard InChI is InChI=1S/C25H32FN5OS/c1-4-29-12-14-30(15-13-29)22-11-10-19(26)16-20(22)18(3)27-24(32)17-33-25-28-21-8-6-7-9-23(21)31(25)5-2/h6-11,16,18H,4-5,12-15,17H2,1-3H3,(H,27,32)/t18-/m1/s1. The van der Waals surface area contributed by atoms with Crippen LogP contribution in [0.1, 0.15) is 32.4 Å². The Hall–Kier alpha value is -2.58. The van der Waals surface area contributed by atoms with Crippen LogP contribution in [-0.4, -0.2) is 58.8 Å². The van der Waals surface area contributed by atoms with Crippen LogP contribution in [-0.2, 0) is 11.3 Å². The van der Waals surface area contributed by atoms with E-state index >= 15 is 0 Å². The van der Waals surface area contributed by atoms with Crippen molar-refractivity contribution >= 4 is 34.4 Å². The Balaban J connectivity index is 1.43. The van der Waals surface area contributed by atoms with Crippen molar-refractivity contribution < 1.29 is 9.18 Å². The Kier molecular flexibility index (Phi) is 7.55. The summed E-state index contributed by atoms with van der Waals surface area (Å²) in [5.74, 6) is -0.116. The molecule has 1 saturated heterocycles. The number of nitrogens with one attached hydrogen (secondary N) is 1. The number of nitrogens with zero attached hydrogens (tertiary/aromatic N) is 4. The van der Waals surface area contributed by atoms with Gasteiger partial charge in [0.1, 0.15) is 5.82 Å². The van der Waals surface area contributed by atoms with E-state index in [-0.39, 0.29) is 23.5 Å². The summed E-state index contributed by atoms with van der Waals surface area (Å²) in [6.45, 7) is 11.8. The molecule has 1 aliphatic heterocycles. The van der Waals surface area contributed by atoms with Crippen molar-refractivity contribution in [3.63, 3.8) is 0 Å². The van der Waals surface area contributed by atoms with Crippen LogP contribution >= 0.6 is 11.8 Å². The predicted molar refractivity (Wildman–Crippen MR) is 133 cm³/mol. The highest BCUT2D eigenvalue weighted by molar-refractivity contribution is 7.99. The fourth-order valence-corrected chi connectivity index (χ4v) is 5.32. The van der Waals surface area contributed by atoms with Crippen LogP contribution in [0.15, 0.2) is 47.6 Å². The lowest BCUT2D eigenvalue weighted by molar-refractivity contribution is -0.119. The molecule has 3 aromatic rings. The first-order valence-electron chi connectivity index (χ1n) is 11.6. The number of anilines is 1. The second-order valence-corrected chi connectivity index (χ2v) is 9.27. The number of piperazine rings is 1. The number of aryl methyl sites for hydroxylation is 1. The van der Waals surface area contributed by atoms with Crippen LogP contribution in [0.3, 0.4) is 0 Å². The number of benzene rings is 2. The van der Waals surface area contributed by atoms with Crippen LogP contribution in [0.4, 0.5) is 10.1 Å². The zero-order chi connectivity index (χ0) is 23.4. The van der Waals surface area contributed by atoms with Gasteiger partial charge >= 0.3 is 0 Å². The Bertz CT molecular complexity index is 1110. The van der Waals surface area contributed by atoms with Gasteiger partial charge in [0.15, 0.2) is 5.16 Å². The lowest BCUT2D eigenvalue weighted by Crippen LogP contribution is -2.46. The highest BCUT2D eigenvalue weighted by Gasteiger charge is 2.22. The molecule has 8 heteroatoms. The number of fused-ring (bicyclic) bond motifs is 1. The molecule has 1 atom stereocenters. The molecule has 2 aromatic carbocycles. The van der Waals surface area contributed by atoms with Gasteiger partial charge in [0.05, 0.1) is 22.8 Å². The number of likely N-dealkylation sites (N-methyl/N-ethyl adjacent to an activating group) is 1. The van der Waals surface area contributed by atoms with Crippen molar-refractivity contribution in [3.8, 4) is 0 Å². The average molecular weight is 470 g/mol. The Morgan fingerprint density at radius 1 is 1.12 bits per heavy atom. The van der Waals surface area contributed by atoms with Crippen molar-refractivity contribution in [2.45, 2.75) is 38.5 Å².